The molecule has 3 N–H and O–H groups in total. The molecule has 0 saturated heterocycles. The number of benzene rings is 2. The van der Waals surface area contributed by atoms with Crippen LogP contribution in [0.25, 0.3) is 0 Å². The van der Waals surface area contributed by atoms with Crippen molar-refractivity contribution in [2.45, 2.75) is 81.5 Å². The number of carbonyl (C=O) groups is 2. The molecule has 0 aromatic heterocycles. The molecule has 4 atom stereocenters. The largest absolute Gasteiger partial charge is 0.466 e. The van der Waals surface area contributed by atoms with E-state index in [2.05, 4.69) is 14.8 Å². The Morgan fingerprint density at radius 2 is 1.30 bits per heavy atom. The molecule has 1 saturated carbocycles. The summed E-state index contributed by atoms with van der Waals surface area (Å²) in [6.07, 6.45) is -1.04. The van der Waals surface area contributed by atoms with Crippen LogP contribution in [-0.2, 0) is 34.3 Å². The van der Waals surface area contributed by atoms with Gasteiger partial charge in [0.15, 0.2) is 0 Å². The highest BCUT2D eigenvalue weighted by Gasteiger charge is 2.51. The van der Waals surface area contributed by atoms with Crippen molar-refractivity contribution in [3.8, 4) is 0 Å². The summed E-state index contributed by atoms with van der Waals surface area (Å²) >= 11 is 0. The number of alkyl carbamates (subject to hydrolysis) is 1. The summed E-state index contributed by atoms with van der Waals surface area (Å²) < 4.78 is 69.2. The van der Waals surface area contributed by atoms with E-state index in [0.29, 0.717) is 0 Å². The van der Waals surface area contributed by atoms with Gasteiger partial charge in [-0.05, 0) is 72.2 Å². The van der Waals surface area contributed by atoms with Gasteiger partial charge in [-0.2, -0.15) is 0 Å². The smallest absolute Gasteiger partial charge is 0.407 e. The Hall–Kier alpha value is -3.00. The van der Waals surface area contributed by atoms with Gasteiger partial charge in [0.25, 0.3) is 0 Å². The second-order valence-electron chi connectivity index (χ2n) is 10.8. The average molecular weight is 596 g/mol. The lowest BCUT2D eigenvalue weighted by Gasteiger charge is -2.29. The summed E-state index contributed by atoms with van der Waals surface area (Å²) in [6.45, 7) is 10.2. The topological polar surface area (TPSA) is 157 Å². The molecule has 2 aromatic carbocycles. The molecular weight excluding hydrogens is 558 g/mol. The Labute approximate surface area is 236 Å². The summed E-state index contributed by atoms with van der Waals surface area (Å²) in [5.74, 6) is -1.79. The van der Waals surface area contributed by atoms with E-state index in [1.807, 2.05) is 6.92 Å². The first kappa shape index (κ1) is 31.5. The third-order valence-corrected chi connectivity index (χ3v) is 9.28. The molecule has 0 bridgehead atoms. The highest BCUT2D eigenvalue weighted by molar-refractivity contribution is 7.90. The summed E-state index contributed by atoms with van der Waals surface area (Å²) in [5.41, 5.74) is 0.814. The molecular formula is C27H37N3O8S2. The second kappa shape index (κ2) is 12.2. The zero-order chi connectivity index (χ0) is 29.9. The maximum absolute atomic E-state index is 13.4. The molecule has 0 aliphatic heterocycles. The third kappa shape index (κ3) is 8.03. The molecule has 40 heavy (non-hydrogen) atoms. The van der Waals surface area contributed by atoms with Crippen LogP contribution >= 0.6 is 0 Å². The molecule has 1 fully saturated rings. The van der Waals surface area contributed by atoms with Crippen molar-refractivity contribution in [2.75, 3.05) is 6.61 Å². The van der Waals surface area contributed by atoms with E-state index in [4.69, 9.17) is 9.47 Å². The number of ether oxygens (including phenoxy) is 2. The van der Waals surface area contributed by atoms with Gasteiger partial charge in [-0.1, -0.05) is 35.4 Å². The van der Waals surface area contributed by atoms with E-state index in [0.717, 1.165) is 11.1 Å². The maximum atomic E-state index is 13.4. The first-order chi connectivity index (χ1) is 18.5. The Morgan fingerprint density at radius 1 is 0.825 bits per heavy atom. The van der Waals surface area contributed by atoms with E-state index in [9.17, 15) is 26.4 Å². The minimum Gasteiger partial charge on any atom is -0.466 e. The maximum Gasteiger partial charge on any atom is 0.407 e. The van der Waals surface area contributed by atoms with Crippen molar-refractivity contribution in [3.05, 3.63) is 59.7 Å². The number of hydrogen-bond acceptors (Lipinski definition) is 8. The van der Waals surface area contributed by atoms with E-state index in [1.54, 1.807) is 58.9 Å². The van der Waals surface area contributed by atoms with Gasteiger partial charge >= 0.3 is 12.1 Å². The molecule has 0 radical (unpaired) electrons. The quantitative estimate of drug-likeness (QED) is 0.374. The lowest BCUT2D eigenvalue weighted by molar-refractivity contribution is -0.148. The van der Waals surface area contributed by atoms with Crippen LogP contribution in [0.5, 0.6) is 0 Å². The molecule has 0 unspecified atom stereocenters. The Morgan fingerprint density at radius 3 is 1.75 bits per heavy atom. The highest BCUT2D eigenvalue weighted by atomic mass is 32.2. The van der Waals surface area contributed by atoms with Gasteiger partial charge in [0, 0.05) is 6.04 Å². The first-order valence-corrected chi connectivity index (χ1v) is 15.8. The Kier molecular flexibility index (Phi) is 9.66. The molecule has 11 nitrogen and oxygen atoms in total. The Balaban J connectivity index is 2.05. The van der Waals surface area contributed by atoms with Crippen LogP contribution < -0.4 is 14.8 Å². The molecule has 0 spiro atoms. The molecule has 3 rings (SSSR count). The number of aryl methyl sites for hydroxylation is 2. The second-order valence-corrected chi connectivity index (χ2v) is 14.2. The van der Waals surface area contributed by atoms with Crippen LogP contribution in [0.15, 0.2) is 58.3 Å². The van der Waals surface area contributed by atoms with Gasteiger partial charge in [0.1, 0.15) is 5.60 Å². The van der Waals surface area contributed by atoms with E-state index >= 15 is 0 Å². The van der Waals surface area contributed by atoms with Crippen molar-refractivity contribution < 1.29 is 35.9 Å². The van der Waals surface area contributed by atoms with Crippen molar-refractivity contribution >= 4 is 32.1 Å². The molecule has 220 valence electrons. The molecule has 0 heterocycles. The number of nitrogens with one attached hydrogen (secondary N) is 3. The van der Waals surface area contributed by atoms with Crippen molar-refractivity contribution in [1.82, 2.24) is 14.8 Å². The van der Waals surface area contributed by atoms with Gasteiger partial charge < -0.3 is 14.8 Å². The average Bonchev–Trinajstić information content (AvgIpc) is 3.14. The fourth-order valence-electron chi connectivity index (χ4n) is 4.42. The van der Waals surface area contributed by atoms with Crippen LogP contribution in [0.3, 0.4) is 0 Å². The zero-order valence-corrected chi connectivity index (χ0v) is 25.1. The number of hydrogen-bond donors (Lipinski definition) is 3. The van der Waals surface area contributed by atoms with Gasteiger partial charge in [-0.15, -0.1) is 0 Å². The van der Waals surface area contributed by atoms with Crippen molar-refractivity contribution in [2.24, 2.45) is 5.92 Å². The van der Waals surface area contributed by atoms with Crippen LogP contribution in [-0.4, -0.2) is 59.2 Å². The predicted octanol–water partition coefficient (Wildman–Crippen LogP) is 2.77. The van der Waals surface area contributed by atoms with Crippen LogP contribution in [0.4, 0.5) is 4.79 Å². The summed E-state index contributed by atoms with van der Waals surface area (Å²) in [7, 11) is -8.36. The molecule has 2 aromatic rings. The summed E-state index contributed by atoms with van der Waals surface area (Å²) in [5, 5.41) is 2.60. The zero-order valence-electron chi connectivity index (χ0n) is 23.4. The number of rotatable bonds is 9. The van der Waals surface area contributed by atoms with E-state index < -0.39 is 61.8 Å². The number of amides is 1. The molecule has 1 aliphatic rings. The Bertz CT molecular complexity index is 1420. The number of carbonyl (C=O) groups excluding carboxylic acids is 2. The highest BCUT2D eigenvalue weighted by Crippen LogP contribution is 2.31. The molecule has 1 amide bonds. The lowest BCUT2D eigenvalue weighted by Crippen LogP contribution is -2.58. The summed E-state index contributed by atoms with van der Waals surface area (Å²) in [6, 6.07) is 8.61. The summed E-state index contributed by atoms with van der Waals surface area (Å²) in [4.78, 5) is 25.7. The van der Waals surface area contributed by atoms with Gasteiger partial charge in [0.2, 0.25) is 20.0 Å². The van der Waals surface area contributed by atoms with Crippen molar-refractivity contribution in [1.29, 1.82) is 0 Å². The minimum absolute atomic E-state index is 0.0329. The fourth-order valence-corrected chi connectivity index (χ4v) is 6.99. The number of sulfonamides is 2. The third-order valence-electron chi connectivity index (χ3n) is 6.29. The molecule has 13 heteroatoms. The lowest BCUT2D eigenvalue weighted by atomic mass is 10.0. The van der Waals surface area contributed by atoms with E-state index in [-0.39, 0.29) is 22.8 Å². The normalized spacial score (nSPS) is 21.6. The van der Waals surface area contributed by atoms with Crippen molar-refractivity contribution in [3.63, 3.8) is 0 Å². The van der Waals surface area contributed by atoms with Crippen LogP contribution in [0.1, 0.15) is 45.2 Å². The number of esters is 1. The standard InChI is InChI=1S/C27H37N3O8S2/c1-7-37-25(31)21-16-22(29-39(33,34)19-12-8-17(2)9-13-19)24(23(21)28-26(32)38-27(4,5)6)30-40(35,36)20-14-10-18(3)11-15-20/h8-15,21-24,29-30H,7,16H2,1-6H3,(H,28,32)/t21-,22+,23+,24-/m1/s1. The van der Waals surface area contributed by atoms with Gasteiger partial charge in [-0.3, -0.25) is 4.79 Å². The van der Waals surface area contributed by atoms with Crippen LogP contribution in [0.2, 0.25) is 0 Å². The minimum atomic E-state index is -4.21. The monoisotopic (exact) mass is 595 g/mol. The fraction of sp³-hybridized carbons (Fsp3) is 0.481. The first-order valence-electron chi connectivity index (χ1n) is 12.9. The van der Waals surface area contributed by atoms with E-state index in [1.165, 1.54) is 24.3 Å². The van der Waals surface area contributed by atoms with Gasteiger partial charge in [0.05, 0.1) is 34.4 Å². The SMILES string of the molecule is CCOC(=O)[C@@H]1C[C@H](NS(=O)(=O)c2ccc(C)cc2)[C@@H](NS(=O)(=O)c2ccc(C)cc2)[C@H]1NC(=O)OC(C)(C)C. The molecule has 1 aliphatic carbocycles. The predicted molar refractivity (Wildman–Crippen MR) is 148 cm³/mol. The van der Waals surface area contributed by atoms with Crippen LogP contribution in [0, 0.1) is 19.8 Å². The van der Waals surface area contributed by atoms with Gasteiger partial charge in [-0.25, -0.2) is 31.1 Å².